The van der Waals surface area contributed by atoms with Gasteiger partial charge >= 0.3 is 0 Å². The molecule has 6 rings (SSSR count). The third-order valence-electron chi connectivity index (χ3n) is 6.88. The van der Waals surface area contributed by atoms with Crippen molar-refractivity contribution in [1.29, 1.82) is 0 Å². The van der Waals surface area contributed by atoms with Crippen molar-refractivity contribution in [3.05, 3.63) is 70.8 Å². The normalized spacial score (nSPS) is 31.3. The Balaban J connectivity index is 1.73. The van der Waals surface area contributed by atoms with Gasteiger partial charge in [0.05, 0.1) is 9.49 Å². The van der Waals surface area contributed by atoms with Gasteiger partial charge in [0.1, 0.15) is 0 Å². The zero-order valence-electron chi connectivity index (χ0n) is 15.3. The highest BCUT2D eigenvalue weighted by atomic mass is 32.2. The molecule has 2 aromatic rings. The Hall–Kier alpha value is -1.38. The van der Waals surface area contributed by atoms with Crippen LogP contribution in [0.2, 0.25) is 0 Å². The predicted molar refractivity (Wildman–Crippen MR) is 114 cm³/mol. The Kier molecular flexibility index (Phi) is 3.08. The molecule has 0 spiro atoms. The molecule has 0 bridgehead atoms. The van der Waals surface area contributed by atoms with Crippen molar-refractivity contribution in [2.24, 2.45) is 0 Å². The van der Waals surface area contributed by atoms with Crippen LogP contribution in [0.4, 0.5) is 0 Å². The summed E-state index contributed by atoms with van der Waals surface area (Å²) in [5, 5.41) is 0. The van der Waals surface area contributed by atoms with Crippen molar-refractivity contribution in [2.45, 2.75) is 58.8 Å². The van der Waals surface area contributed by atoms with Gasteiger partial charge in [0, 0.05) is 9.79 Å². The molecule has 1 saturated carbocycles. The number of hydrogen-bond donors (Lipinski definition) is 0. The van der Waals surface area contributed by atoms with Gasteiger partial charge in [-0.15, -0.1) is 23.5 Å². The predicted octanol–water partition coefficient (Wildman–Crippen LogP) is 7.21. The molecule has 0 N–H and O–H groups in total. The first-order chi connectivity index (χ1) is 12.6. The molecule has 2 aromatic carbocycles. The molecule has 2 heterocycles. The number of benzene rings is 2. The van der Waals surface area contributed by atoms with E-state index in [1.165, 1.54) is 46.6 Å². The molecule has 2 aliphatic heterocycles. The molecule has 0 nitrogen and oxygen atoms in total. The number of rotatable bonds is 0. The van der Waals surface area contributed by atoms with Crippen LogP contribution in [0.15, 0.2) is 69.5 Å². The Morgan fingerprint density at radius 2 is 1.08 bits per heavy atom. The van der Waals surface area contributed by atoms with E-state index < -0.39 is 0 Å². The molecule has 130 valence electrons. The molecule has 0 saturated heterocycles. The summed E-state index contributed by atoms with van der Waals surface area (Å²) >= 11 is 4.22. The van der Waals surface area contributed by atoms with Crippen LogP contribution < -0.4 is 0 Å². The lowest BCUT2D eigenvalue weighted by Gasteiger charge is -2.48. The van der Waals surface area contributed by atoms with E-state index in [4.69, 9.17) is 0 Å². The first-order valence-corrected chi connectivity index (χ1v) is 11.3. The van der Waals surface area contributed by atoms with Crippen LogP contribution in [-0.2, 0) is 0 Å². The fourth-order valence-corrected chi connectivity index (χ4v) is 8.86. The third-order valence-corrected chi connectivity index (χ3v) is 10.2. The summed E-state index contributed by atoms with van der Waals surface area (Å²) in [5.41, 5.74) is 9.68. The van der Waals surface area contributed by atoms with Crippen molar-refractivity contribution in [1.82, 2.24) is 0 Å². The van der Waals surface area contributed by atoms with Crippen molar-refractivity contribution < 1.29 is 0 Å². The molecule has 4 aliphatic rings. The maximum absolute atomic E-state index is 2.52. The van der Waals surface area contributed by atoms with Gasteiger partial charge in [-0.1, -0.05) is 36.4 Å². The number of fused-ring (bicyclic) bond motifs is 8. The van der Waals surface area contributed by atoms with E-state index in [2.05, 4.69) is 85.9 Å². The summed E-state index contributed by atoms with van der Waals surface area (Å²) < 4.78 is 0.206. The summed E-state index contributed by atoms with van der Waals surface area (Å²) in [4.78, 5) is 2.95. The second-order valence-corrected chi connectivity index (χ2v) is 11.1. The largest absolute Gasteiger partial charge is 0.112 e. The minimum absolute atomic E-state index is 0.103. The van der Waals surface area contributed by atoms with Gasteiger partial charge < -0.3 is 0 Å². The maximum Gasteiger partial charge on any atom is 0.0624 e. The molecule has 2 aliphatic carbocycles. The van der Waals surface area contributed by atoms with E-state index in [0.717, 1.165) is 0 Å². The highest BCUT2D eigenvalue weighted by Crippen LogP contribution is 2.73. The Labute approximate surface area is 164 Å². The van der Waals surface area contributed by atoms with Crippen LogP contribution in [0.3, 0.4) is 0 Å². The van der Waals surface area contributed by atoms with Gasteiger partial charge in [-0.2, -0.15) is 0 Å². The molecule has 2 unspecified atom stereocenters. The average Bonchev–Trinajstić information content (AvgIpc) is 3.14. The second kappa shape index (κ2) is 5.11. The highest BCUT2D eigenvalue weighted by Gasteiger charge is 2.61. The molecular formula is C24H22S2. The van der Waals surface area contributed by atoms with Crippen LogP contribution in [0.25, 0.3) is 11.1 Å². The quantitative estimate of drug-likeness (QED) is 0.478. The molecule has 26 heavy (non-hydrogen) atoms. The van der Waals surface area contributed by atoms with E-state index in [9.17, 15) is 0 Å². The van der Waals surface area contributed by atoms with E-state index in [1.807, 2.05) is 0 Å². The van der Waals surface area contributed by atoms with E-state index in [-0.39, 0.29) is 9.49 Å². The van der Waals surface area contributed by atoms with Gasteiger partial charge in [0.2, 0.25) is 0 Å². The Bertz CT molecular complexity index is 945. The number of hydrogen-bond acceptors (Lipinski definition) is 2. The summed E-state index contributed by atoms with van der Waals surface area (Å²) in [6, 6.07) is 18.2. The van der Waals surface area contributed by atoms with Crippen LogP contribution in [0.1, 0.15) is 50.7 Å². The number of allylic oxidation sites excluding steroid dienone is 2. The van der Waals surface area contributed by atoms with Crippen LogP contribution >= 0.6 is 23.5 Å². The van der Waals surface area contributed by atoms with E-state index in [0.29, 0.717) is 0 Å². The lowest BCUT2D eigenvalue weighted by molar-refractivity contribution is 0.628. The van der Waals surface area contributed by atoms with Crippen molar-refractivity contribution in [3.63, 3.8) is 0 Å². The maximum atomic E-state index is 2.52. The number of thioether (sulfide) groups is 2. The zero-order valence-corrected chi connectivity index (χ0v) is 16.9. The van der Waals surface area contributed by atoms with Gasteiger partial charge in [0.15, 0.2) is 0 Å². The van der Waals surface area contributed by atoms with Crippen molar-refractivity contribution >= 4 is 34.7 Å². The van der Waals surface area contributed by atoms with Crippen molar-refractivity contribution in [3.8, 4) is 0 Å². The molecule has 1 fully saturated rings. The van der Waals surface area contributed by atoms with Crippen LogP contribution in [-0.4, -0.2) is 9.49 Å². The van der Waals surface area contributed by atoms with Gasteiger partial charge in [-0.25, -0.2) is 0 Å². The van der Waals surface area contributed by atoms with Gasteiger partial charge in [-0.3, -0.25) is 0 Å². The Morgan fingerprint density at radius 3 is 1.54 bits per heavy atom. The molecule has 0 aromatic heterocycles. The summed E-state index contributed by atoms with van der Waals surface area (Å²) in [6.07, 6.45) is 5.18. The minimum atomic E-state index is 0.103. The molecule has 2 heteroatoms. The third kappa shape index (κ3) is 1.71. The van der Waals surface area contributed by atoms with Crippen LogP contribution in [0.5, 0.6) is 0 Å². The summed E-state index contributed by atoms with van der Waals surface area (Å²) in [7, 11) is 0. The highest BCUT2D eigenvalue weighted by molar-refractivity contribution is 8.06. The standard InChI is InChI=1S/C24H22S2/c1-23-21(17-11-5-7-13-19(17)25-23)15-9-3-4-10-16(15)22-18-12-6-8-14-20(18)26-24(22,23)2/h5-8,11-14H,3-4,9-10H2,1-2H3. The zero-order chi connectivity index (χ0) is 17.5. The average molecular weight is 375 g/mol. The smallest absolute Gasteiger partial charge is 0.0624 e. The van der Waals surface area contributed by atoms with Gasteiger partial charge in [0.25, 0.3) is 0 Å². The minimum Gasteiger partial charge on any atom is -0.112 e. The summed E-state index contributed by atoms with van der Waals surface area (Å²) in [5.74, 6) is 0. The Morgan fingerprint density at radius 1 is 0.654 bits per heavy atom. The van der Waals surface area contributed by atoms with E-state index in [1.54, 1.807) is 22.3 Å². The SMILES string of the molecule is CC12Sc3ccccc3C1=C1CCCCC1=C1c3ccccc3SC12C. The first kappa shape index (κ1) is 15.7. The topological polar surface area (TPSA) is 0 Å². The molecule has 0 amide bonds. The molecule has 0 radical (unpaired) electrons. The van der Waals surface area contributed by atoms with Gasteiger partial charge in [-0.05, 0) is 85.1 Å². The van der Waals surface area contributed by atoms with Crippen LogP contribution in [0, 0.1) is 0 Å². The second-order valence-electron chi connectivity index (χ2n) is 8.18. The fourth-order valence-electron chi connectivity index (χ4n) is 5.61. The van der Waals surface area contributed by atoms with E-state index >= 15 is 0 Å². The lowest BCUT2D eigenvalue weighted by atomic mass is 9.65. The molecular weight excluding hydrogens is 352 g/mol. The molecule has 2 atom stereocenters. The first-order valence-electron chi connectivity index (χ1n) is 9.68. The monoisotopic (exact) mass is 374 g/mol. The van der Waals surface area contributed by atoms with Crippen molar-refractivity contribution in [2.75, 3.05) is 0 Å². The lowest BCUT2D eigenvalue weighted by Crippen LogP contribution is -2.46. The fraction of sp³-hybridized carbons (Fsp3) is 0.333. The summed E-state index contributed by atoms with van der Waals surface area (Å²) in [6.45, 7) is 5.04.